The Balaban J connectivity index is 1.01. The van der Waals surface area contributed by atoms with Gasteiger partial charge in [-0.05, 0) is 90.0 Å². The molecule has 0 aliphatic heterocycles. The molecule has 10 aromatic carbocycles. The van der Waals surface area contributed by atoms with E-state index in [4.69, 9.17) is 19.4 Å². The van der Waals surface area contributed by atoms with Gasteiger partial charge in [-0.2, -0.15) is 0 Å². The zero-order valence-electron chi connectivity index (χ0n) is 33.0. The summed E-state index contributed by atoms with van der Waals surface area (Å²) in [4.78, 5) is 15.6. The number of furan rings is 1. The molecule has 4 heteroatoms. The first-order chi connectivity index (χ1) is 30.2. The molecule has 12 aromatic rings. The molecule has 0 aliphatic carbocycles. The predicted molar refractivity (Wildman–Crippen MR) is 252 cm³/mol. The van der Waals surface area contributed by atoms with Crippen molar-refractivity contribution >= 4 is 54.3 Å². The van der Waals surface area contributed by atoms with Gasteiger partial charge in [-0.3, -0.25) is 0 Å². The van der Waals surface area contributed by atoms with Crippen LogP contribution in [0.2, 0.25) is 0 Å². The molecule has 0 bridgehead atoms. The normalized spacial score (nSPS) is 11.6. The van der Waals surface area contributed by atoms with Gasteiger partial charge in [0, 0.05) is 27.5 Å². The van der Waals surface area contributed by atoms with Crippen molar-refractivity contribution in [3.8, 4) is 67.5 Å². The average molecular weight is 778 g/mol. The quantitative estimate of drug-likeness (QED) is 0.125. The molecule has 0 unspecified atom stereocenters. The van der Waals surface area contributed by atoms with Gasteiger partial charge in [0.25, 0.3) is 0 Å². The van der Waals surface area contributed by atoms with Crippen LogP contribution in [0.1, 0.15) is 0 Å². The summed E-state index contributed by atoms with van der Waals surface area (Å²) in [5.41, 5.74) is 11.1. The fraction of sp³-hybridized carbons (Fsp3) is 0. The monoisotopic (exact) mass is 777 g/mol. The molecule has 0 saturated heterocycles. The summed E-state index contributed by atoms with van der Waals surface area (Å²) in [6, 6.07) is 74.7. The zero-order chi connectivity index (χ0) is 40.3. The van der Waals surface area contributed by atoms with Crippen LogP contribution in [0.4, 0.5) is 0 Å². The maximum atomic E-state index is 6.32. The minimum Gasteiger partial charge on any atom is -0.456 e. The van der Waals surface area contributed by atoms with Crippen molar-refractivity contribution in [3.05, 3.63) is 212 Å². The lowest BCUT2D eigenvalue weighted by Crippen LogP contribution is -2.01. The van der Waals surface area contributed by atoms with E-state index in [0.29, 0.717) is 17.5 Å². The molecule has 0 spiro atoms. The number of hydrogen-bond acceptors (Lipinski definition) is 4. The van der Waals surface area contributed by atoms with Gasteiger partial charge in [-0.1, -0.05) is 188 Å². The molecule has 0 amide bonds. The first-order valence-corrected chi connectivity index (χ1v) is 20.6. The van der Waals surface area contributed by atoms with E-state index >= 15 is 0 Å². The van der Waals surface area contributed by atoms with E-state index in [1.807, 2.05) is 30.3 Å². The van der Waals surface area contributed by atoms with Crippen molar-refractivity contribution in [3.63, 3.8) is 0 Å². The molecular formula is C57H35N3O. The lowest BCUT2D eigenvalue weighted by Gasteiger charge is -2.15. The molecule has 0 fully saturated rings. The number of benzene rings is 10. The molecular weight excluding hydrogens is 743 g/mol. The molecule has 4 nitrogen and oxygen atoms in total. The standard InChI is InChI=1S/C57H35N3O/c1-2-12-36(13-3-1)37-22-26-40(27-23-37)55-58-56(60-57(59-55)50-20-9-8-17-45(50)43-31-32-48-47-19-10-11-21-52(47)61-53(48)35-43)41-28-24-39(25-29-41)54-46-18-7-5-15-42(46)34-51-44-16-6-4-14-38(44)30-33-49(51)54/h1-35H. The Bertz CT molecular complexity index is 3630. The Morgan fingerprint density at radius 1 is 0.262 bits per heavy atom. The van der Waals surface area contributed by atoms with Crippen LogP contribution in [0.25, 0.3) is 122 Å². The van der Waals surface area contributed by atoms with Crippen molar-refractivity contribution in [1.29, 1.82) is 0 Å². The lowest BCUT2D eigenvalue weighted by molar-refractivity contribution is 0.669. The topological polar surface area (TPSA) is 51.8 Å². The van der Waals surface area contributed by atoms with Gasteiger partial charge >= 0.3 is 0 Å². The van der Waals surface area contributed by atoms with Crippen LogP contribution in [0.5, 0.6) is 0 Å². The summed E-state index contributed by atoms with van der Waals surface area (Å²) in [5.74, 6) is 1.82. The van der Waals surface area contributed by atoms with Crippen molar-refractivity contribution < 1.29 is 4.42 Å². The summed E-state index contributed by atoms with van der Waals surface area (Å²) in [6.07, 6.45) is 0. The highest BCUT2D eigenvalue weighted by atomic mass is 16.3. The molecule has 2 heterocycles. The molecule has 0 saturated carbocycles. The molecule has 2 aromatic heterocycles. The van der Waals surface area contributed by atoms with E-state index < -0.39 is 0 Å². The highest BCUT2D eigenvalue weighted by Crippen LogP contribution is 2.41. The van der Waals surface area contributed by atoms with Crippen LogP contribution >= 0.6 is 0 Å². The summed E-state index contributed by atoms with van der Waals surface area (Å²) >= 11 is 0. The van der Waals surface area contributed by atoms with E-state index in [1.54, 1.807) is 0 Å². The fourth-order valence-electron chi connectivity index (χ4n) is 8.94. The number of para-hydroxylation sites is 1. The minimum atomic E-state index is 0.600. The lowest BCUT2D eigenvalue weighted by atomic mass is 9.89. The van der Waals surface area contributed by atoms with Crippen molar-refractivity contribution in [2.75, 3.05) is 0 Å². The third-order valence-electron chi connectivity index (χ3n) is 11.9. The Hall–Kier alpha value is -8.21. The van der Waals surface area contributed by atoms with Crippen LogP contribution < -0.4 is 0 Å². The van der Waals surface area contributed by atoms with Crippen molar-refractivity contribution in [2.45, 2.75) is 0 Å². The van der Waals surface area contributed by atoms with E-state index in [9.17, 15) is 0 Å². The molecule has 61 heavy (non-hydrogen) atoms. The smallest absolute Gasteiger partial charge is 0.164 e. The van der Waals surface area contributed by atoms with Gasteiger partial charge in [0.15, 0.2) is 17.5 Å². The second kappa shape index (κ2) is 14.3. The van der Waals surface area contributed by atoms with Gasteiger partial charge in [-0.25, -0.2) is 15.0 Å². The molecule has 0 radical (unpaired) electrons. The van der Waals surface area contributed by atoms with Crippen LogP contribution in [0.15, 0.2) is 217 Å². The summed E-state index contributed by atoms with van der Waals surface area (Å²) in [5, 5.41) is 9.60. The number of rotatable bonds is 6. The van der Waals surface area contributed by atoms with Crippen LogP contribution in [0.3, 0.4) is 0 Å². The van der Waals surface area contributed by atoms with Gasteiger partial charge in [0.05, 0.1) is 0 Å². The van der Waals surface area contributed by atoms with Crippen molar-refractivity contribution in [2.24, 2.45) is 0 Å². The third-order valence-corrected chi connectivity index (χ3v) is 11.9. The zero-order valence-corrected chi connectivity index (χ0v) is 33.0. The second-order valence-electron chi connectivity index (χ2n) is 15.5. The van der Waals surface area contributed by atoms with Gasteiger partial charge in [-0.15, -0.1) is 0 Å². The summed E-state index contributed by atoms with van der Waals surface area (Å²) in [6.45, 7) is 0. The summed E-state index contributed by atoms with van der Waals surface area (Å²) < 4.78 is 6.32. The Kier molecular flexibility index (Phi) is 8.13. The number of nitrogens with zero attached hydrogens (tertiary/aromatic N) is 3. The molecule has 0 atom stereocenters. The average Bonchev–Trinajstić information content (AvgIpc) is 3.71. The van der Waals surface area contributed by atoms with Gasteiger partial charge in [0.2, 0.25) is 0 Å². The Labute approximate surface area is 352 Å². The SMILES string of the molecule is c1ccc(-c2ccc(-c3nc(-c4ccc(-c5c6ccccc6cc6c5ccc5ccccc56)cc4)nc(-c4ccccc4-c4ccc5c(c4)oc4ccccc45)n3)cc2)cc1. The Morgan fingerprint density at radius 3 is 1.56 bits per heavy atom. The van der Waals surface area contributed by atoms with Gasteiger partial charge < -0.3 is 4.42 Å². The van der Waals surface area contributed by atoms with Crippen molar-refractivity contribution in [1.82, 2.24) is 15.0 Å². The van der Waals surface area contributed by atoms with E-state index in [2.05, 4.69) is 182 Å². The number of aromatic nitrogens is 3. The fourth-order valence-corrected chi connectivity index (χ4v) is 8.94. The maximum Gasteiger partial charge on any atom is 0.164 e. The molecule has 0 N–H and O–H groups in total. The second-order valence-corrected chi connectivity index (χ2v) is 15.5. The number of hydrogen-bond donors (Lipinski definition) is 0. The highest BCUT2D eigenvalue weighted by molar-refractivity contribution is 6.20. The summed E-state index contributed by atoms with van der Waals surface area (Å²) in [7, 11) is 0. The highest BCUT2D eigenvalue weighted by Gasteiger charge is 2.18. The van der Waals surface area contributed by atoms with Crippen LogP contribution in [-0.2, 0) is 0 Å². The maximum absolute atomic E-state index is 6.32. The third kappa shape index (κ3) is 6.04. The minimum absolute atomic E-state index is 0.600. The largest absolute Gasteiger partial charge is 0.456 e. The van der Waals surface area contributed by atoms with Crippen LogP contribution in [0, 0.1) is 0 Å². The molecule has 0 aliphatic rings. The number of fused-ring (bicyclic) bond motifs is 7. The first-order valence-electron chi connectivity index (χ1n) is 20.6. The van der Waals surface area contributed by atoms with Crippen LogP contribution in [-0.4, -0.2) is 15.0 Å². The van der Waals surface area contributed by atoms with E-state index in [0.717, 1.165) is 66.4 Å². The van der Waals surface area contributed by atoms with E-state index in [1.165, 1.54) is 37.9 Å². The van der Waals surface area contributed by atoms with Gasteiger partial charge in [0.1, 0.15) is 11.2 Å². The van der Waals surface area contributed by atoms with E-state index in [-0.39, 0.29) is 0 Å². The first kappa shape index (κ1) is 34.8. The Morgan fingerprint density at radius 2 is 0.787 bits per heavy atom. The predicted octanol–water partition coefficient (Wildman–Crippen LogP) is 15.2. The molecule has 12 rings (SSSR count). The molecule has 284 valence electrons.